The minimum atomic E-state index is -0.933. The van der Waals surface area contributed by atoms with E-state index in [4.69, 9.17) is 24.7 Å². The van der Waals surface area contributed by atoms with Gasteiger partial charge in [0.1, 0.15) is 0 Å². The maximum Gasteiger partial charge on any atom is 0.308 e. The maximum absolute atomic E-state index is 13.5. The molecule has 218 valence electrons. The number of ether oxygens (including phenoxy) is 4. The fourth-order valence-electron chi connectivity index (χ4n) is 6.11. The highest BCUT2D eigenvalue weighted by atomic mass is 16.7. The largest absolute Gasteiger partial charge is 0.481 e. The van der Waals surface area contributed by atoms with Gasteiger partial charge < -0.3 is 39.8 Å². The van der Waals surface area contributed by atoms with E-state index >= 15 is 0 Å². The Hall–Kier alpha value is -2.44. The van der Waals surface area contributed by atoms with Gasteiger partial charge in [-0.05, 0) is 30.5 Å². The molecule has 39 heavy (non-hydrogen) atoms. The first-order valence-electron chi connectivity index (χ1n) is 13.9. The first-order chi connectivity index (χ1) is 18.7. The topological polar surface area (TPSA) is 144 Å². The van der Waals surface area contributed by atoms with Crippen LogP contribution in [0.5, 0.6) is 11.5 Å². The summed E-state index contributed by atoms with van der Waals surface area (Å²) in [6.45, 7) is 8.79. The molecule has 1 aromatic carbocycles. The first-order valence-corrected chi connectivity index (χ1v) is 13.9. The molecule has 3 atom stereocenters. The molecule has 11 heteroatoms. The lowest BCUT2D eigenvalue weighted by atomic mass is 9.77. The second-order valence-electron chi connectivity index (χ2n) is 11.3. The number of hydrogen-bond acceptors (Lipinski definition) is 9. The zero-order valence-corrected chi connectivity index (χ0v) is 23.3. The highest BCUT2D eigenvalue weighted by Gasteiger charge is 2.51. The summed E-state index contributed by atoms with van der Waals surface area (Å²) in [5.41, 5.74) is 6.61. The van der Waals surface area contributed by atoms with Crippen LogP contribution in [-0.4, -0.2) is 97.0 Å². The number of aliphatic hydroxyl groups is 1. The number of unbranched alkanes of at least 4 members (excludes halogenated alkanes) is 1. The van der Waals surface area contributed by atoms with Crippen molar-refractivity contribution in [3.05, 3.63) is 23.3 Å². The van der Waals surface area contributed by atoms with E-state index in [2.05, 4.69) is 6.92 Å². The smallest absolute Gasteiger partial charge is 0.308 e. The molecular formula is C28H43N3O8. The van der Waals surface area contributed by atoms with E-state index < -0.39 is 35.6 Å². The van der Waals surface area contributed by atoms with Crippen LogP contribution in [0.15, 0.2) is 12.1 Å². The molecule has 0 bridgehead atoms. The molecule has 1 amide bonds. The number of benzene rings is 1. The molecule has 4 rings (SSSR count). The number of nitrogens with two attached hydrogens (primary N) is 1. The molecule has 0 unspecified atom stereocenters. The molecule has 0 saturated carbocycles. The minimum absolute atomic E-state index is 0.0480. The molecule has 0 radical (unpaired) electrons. The van der Waals surface area contributed by atoms with Gasteiger partial charge in [0, 0.05) is 49.1 Å². The van der Waals surface area contributed by atoms with Gasteiger partial charge in [0.15, 0.2) is 17.8 Å². The van der Waals surface area contributed by atoms with Crippen LogP contribution in [0, 0.1) is 11.3 Å². The van der Waals surface area contributed by atoms with E-state index in [1.54, 1.807) is 17.0 Å². The van der Waals surface area contributed by atoms with Crippen LogP contribution >= 0.6 is 0 Å². The van der Waals surface area contributed by atoms with Crippen molar-refractivity contribution in [2.45, 2.75) is 64.9 Å². The molecule has 11 nitrogen and oxygen atoms in total. The number of rotatable bonds is 13. The third-order valence-electron chi connectivity index (χ3n) is 8.07. The molecule has 0 aromatic heterocycles. The summed E-state index contributed by atoms with van der Waals surface area (Å²) in [5.74, 6) is -1.24. The van der Waals surface area contributed by atoms with Crippen LogP contribution in [0.3, 0.4) is 0 Å². The third-order valence-corrected chi connectivity index (χ3v) is 8.07. The Labute approximate surface area is 230 Å². The molecule has 4 N–H and O–H groups in total. The van der Waals surface area contributed by atoms with Crippen LogP contribution in [-0.2, 0) is 25.7 Å². The lowest BCUT2D eigenvalue weighted by Crippen LogP contribution is -2.48. The molecule has 2 saturated heterocycles. The SMILES string of the molecule is CCCCN(CCN)C(=O)CN1C[C@H](c2cc(CO)c3c(c2)OCO3)[C@@H](C(=O)O)[C@@H]1CC(C)(C)C1OCCO1. The number of carbonyl (C=O) groups is 2. The fraction of sp³-hybridized carbons (Fsp3) is 0.714. The van der Waals surface area contributed by atoms with E-state index in [0.717, 1.165) is 18.4 Å². The summed E-state index contributed by atoms with van der Waals surface area (Å²) in [6.07, 6.45) is 1.84. The fourth-order valence-corrected chi connectivity index (χ4v) is 6.11. The molecule has 0 spiro atoms. The molecule has 2 fully saturated rings. The number of carbonyl (C=O) groups excluding carboxylic acids is 1. The summed E-state index contributed by atoms with van der Waals surface area (Å²) >= 11 is 0. The number of carboxylic acids is 1. The van der Waals surface area contributed by atoms with E-state index in [1.165, 1.54) is 0 Å². The Morgan fingerprint density at radius 1 is 1.18 bits per heavy atom. The molecular weight excluding hydrogens is 506 g/mol. The summed E-state index contributed by atoms with van der Waals surface area (Å²) in [4.78, 5) is 30.2. The number of fused-ring (bicyclic) bond motifs is 1. The molecule has 3 aliphatic heterocycles. The Balaban J connectivity index is 1.67. The van der Waals surface area contributed by atoms with Crippen LogP contribution in [0.2, 0.25) is 0 Å². The standard InChI is InChI=1S/C28H43N3O8/c1-4-5-7-30(8-6-29)23(33)15-31-14-20(18-11-19(16-32)25-22(12-18)38-17-39-25)24(26(34)35)21(31)13-28(2,3)27-36-9-10-37-27/h11-12,20-21,24,27,32H,4-10,13-17,29H2,1-3H3,(H,34,35)/t20-,21+,24-/m1/s1. The Bertz CT molecular complexity index is 1010. The van der Waals surface area contributed by atoms with Crippen LogP contribution in [0.1, 0.15) is 57.1 Å². The van der Waals surface area contributed by atoms with Crippen LogP contribution < -0.4 is 15.2 Å². The second-order valence-corrected chi connectivity index (χ2v) is 11.3. The normalized spacial score (nSPS) is 23.5. The van der Waals surface area contributed by atoms with Gasteiger partial charge in [-0.25, -0.2) is 0 Å². The number of amides is 1. The highest BCUT2D eigenvalue weighted by molar-refractivity contribution is 5.79. The van der Waals surface area contributed by atoms with Gasteiger partial charge in [0.25, 0.3) is 0 Å². The monoisotopic (exact) mass is 549 g/mol. The Morgan fingerprint density at radius 3 is 2.56 bits per heavy atom. The maximum atomic E-state index is 13.5. The van der Waals surface area contributed by atoms with Crippen molar-refractivity contribution in [1.82, 2.24) is 9.80 Å². The van der Waals surface area contributed by atoms with Gasteiger partial charge in [-0.2, -0.15) is 0 Å². The van der Waals surface area contributed by atoms with Crippen LogP contribution in [0.25, 0.3) is 0 Å². The van der Waals surface area contributed by atoms with Crippen molar-refractivity contribution in [3.63, 3.8) is 0 Å². The summed E-state index contributed by atoms with van der Waals surface area (Å²) in [6, 6.07) is 3.15. The van der Waals surface area contributed by atoms with Crippen LogP contribution in [0.4, 0.5) is 0 Å². The van der Waals surface area contributed by atoms with Crippen molar-refractivity contribution in [1.29, 1.82) is 0 Å². The summed E-state index contributed by atoms with van der Waals surface area (Å²) in [5, 5.41) is 20.5. The summed E-state index contributed by atoms with van der Waals surface area (Å²) < 4.78 is 22.7. The Kier molecular flexibility index (Phi) is 9.71. The van der Waals surface area contributed by atoms with Crippen molar-refractivity contribution in [3.8, 4) is 11.5 Å². The lowest BCUT2D eigenvalue weighted by molar-refractivity contribution is -0.148. The lowest BCUT2D eigenvalue weighted by Gasteiger charge is -2.37. The summed E-state index contributed by atoms with van der Waals surface area (Å²) in [7, 11) is 0. The average Bonchev–Trinajstić information content (AvgIpc) is 3.66. The van der Waals surface area contributed by atoms with E-state index in [0.29, 0.717) is 62.9 Å². The zero-order valence-electron chi connectivity index (χ0n) is 23.3. The second kappa shape index (κ2) is 12.8. The molecule has 0 aliphatic carbocycles. The number of nitrogens with zero attached hydrogens (tertiary/aromatic N) is 2. The number of likely N-dealkylation sites (tertiary alicyclic amines) is 1. The van der Waals surface area contributed by atoms with Gasteiger partial charge in [-0.1, -0.05) is 27.2 Å². The first kappa shape index (κ1) is 29.5. The quantitative estimate of drug-likeness (QED) is 0.333. The van der Waals surface area contributed by atoms with Gasteiger partial charge in [-0.3, -0.25) is 14.5 Å². The van der Waals surface area contributed by atoms with E-state index in [-0.39, 0.29) is 25.9 Å². The number of hydrogen-bond donors (Lipinski definition) is 3. The van der Waals surface area contributed by atoms with Gasteiger partial charge >= 0.3 is 5.97 Å². The Morgan fingerprint density at radius 2 is 1.92 bits per heavy atom. The predicted octanol–water partition coefficient (Wildman–Crippen LogP) is 1.75. The third kappa shape index (κ3) is 6.49. The zero-order chi connectivity index (χ0) is 28.2. The number of carboxylic acid groups (broad SMARTS) is 1. The average molecular weight is 550 g/mol. The van der Waals surface area contributed by atoms with Crippen molar-refractivity contribution in [2.24, 2.45) is 17.1 Å². The van der Waals surface area contributed by atoms with Crippen molar-refractivity contribution < 1.29 is 38.7 Å². The van der Waals surface area contributed by atoms with Crippen molar-refractivity contribution >= 4 is 11.9 Å². The van der Waals surface area contributed by atoms with Crippen molar-refractivity contribution in [2.75, 3.05) is 52.7 Å². The van der Waals surface area contributed by atoms with E-state index in [1.807, 2.05) is 18.7 Å². The predicted molar refractivity (Wildman–Crippen MR) is 142 cm³/mol. The highest BCUT2D eigenvalue weighted by Crippen LogP contribution is 2.47. The molecule has 1 aromatic rings. The molecule has 3 heterocycles. The van der Waals surface area contributed by atoms with Gasteiger partial charge in [-0.15, -0.1) is 0 Å². The number of aliphatic carboxylic acids is 1. The number of aliphatic hydroxyl groups excluding tert-OH is 1. The minimum Gasteiger partial charge on any atom is -0.481 e. The van der Waals surface area contributed by atoms with E-state index in [9.17, 15) is 19.8 Å². The van der Waals surface area contributed by atoms with Gasteiger partial charge in [0.05, 0.1) is 32.3 Å². The van der Waals surface area contributed by atoms with Gasteiger partial charge in [0.2, 0.25) is 12.7 Å². The molecule has 3 aliphatic rings.